The molecule has 1 atom stereocenters. The Morgan fingerprint density at radius 1 is 1.26 bits per heavy atom. The molecule has 0 saturated carbocycles. The number of hydrogen-bond donors (Lipinski definition) is 0. The van der Waals surface area contributed by atoms with E-state index >= 15 is 0 Å². The summed E-state index contributed by atoms with van der Waals surface area (Å²) >= 11 is 0. The van der Waals surface area contributed by atoms with Crippen LogP contribution in [0.1, 0.15) is 32.6 Å². The van der Waals surface area contributed by atoms with E-state index in [-0.39, 0.29) is 18.4 Å². The lowest BCUT2D eigenvalue weighted by Crippen LogP contribution is -2.42. The van der Waals surface area contributed by atoms with Crippen LogP contribution >= 0.6 is 0 Å². The lowest BCUT2D eigenvalue weighted by molar-refractivity contribution is -0.131. The summed E-state index contributed by atoms with van der Waals surface area (Å²) in [5, 5.41) is 0. The van der Waals surface area contributed by atoms with Crippen molar-refractivity contribution < 1.29 is 14.3 Å². The molecule has 5 nitrogen and oxygen atoms in total. The molecule has 0 radical (unpaired) electrons. The first kappa shape index (κ1) is 15.8. The fraction of sp³-hybridized carbons (Fsp3) is 0.556. The highest BCUT2D eigenvalue weighted by atomic mass is 16.5. The Morgan fingerprint density at radius 3 is 2.96 bits per heavy atom. The van der Waals surface area contributed by atoms with Crippen molar-refractivity contribution in [2.24, 2.45) is 5.92 Å². The summed E-state index contributed by atoms with van der Waals surface area (Å²) in [6, 6.07) is 7.49. The van der Waals surface area contributed by atoms with Crippen molar-refractivity contribution in [2.45, 2.75) is 32.6 Å². The van der Waals surface area contributed by atoms with Gasteiger partial charge in [-0.05, 0) is 37.3 Å². The first-order valence-corrected chi connectivity index (χ1v) is 8.45. The molecule has 1 aromatic rings. The van der Waals surface area contributed by atoms with Crippen LogP contribution in [-0.2, 0) is 9.59 Å². The molecule has 2 aliphatic rings. The minimum Gasteiger partial charge on any atom is -0.482 e. The molecular formula is C18H24N2O3. The second-order valence-corrected chi connectivity index (χ2v) is 6.47. The van der Waals surface area contributed by atoms with Gasteiger partial charge in [0.15, 0.2) is 6.61 Å². The van der Waals surface area contributed by atoms with E-state index in [1.165, 1.54) is 6.42 Å². The van der Waals surface area contributed by atoms with Gasteiger partial charge in [-0.2, -0.15) is 0 Å². The lowest BCUT2D eigenvalue weighted by atomic mass is 10.0. The molecule has 124 valence electrons. The van der Waals surface area contributed by atoms with Crippen molar-refractivity contribution in [2.75, 3.05) is 31.1 Å². The summed E-state index contributed by atoms with van der Waals surface area (Å²) in [6.07, 6.45) is 3.71. The highest BCUT2D eigenvalue weighted by Gasteiger charge is 2.26. The van der Waals surface area contributed by atoms with Gasteiger partial charge in [-0.15, -0.1) is 0 Å². The van der Waals surface area contributed by atoms with Gasteiger partial charge in [0.2, 0.25) is 5.91 Å². The zero-order chi connectivity index (χ0) is 16.2. The van der Waals surface area contributed by atoms with Crippen LogP contribution in [0, 0.1) is 5.92 Å². The van der Waals surface area contributed by atoms with E-state index in [1.54, 1.807) is 4.90 Å². The van der Waals surface area contributed by atoms with E-state index in [0.29, 0.717) is 24.6 Å². The smallest absolute Gasteiger partial charge is 0.265 e. The maximum Gasteiger partial charge on any atom is 0.265 e. The second-order valence-electron chi connectivity index (χ2n) is 6.47. The number of amides is 2. The number of likely N-dealkylation sites (tertiary alicyclic amines) is 1. The molecule has 2 amide bonds. The number of para-hydroxylation sites is 2. The normalized spacial score (nSPS) is 21.4. The molecule has 1 aromatic carbocycles. The van der Waals surface area contributed by atoms with E-state index in [4.69, 9.17) is 4.74 Å². The molecule has 3 rings (SSSR count). The van der Waals surface area contributed by atoms with Crippen LogP contribution < -0.4 is 9.64 Å². The van der Waals surface area contributed by atoms with Gasteiger partial charge in [-0.3, -0.25) is 9.59 Å². The number of anilines is 1. The van der Waals surface area contributed by atoms with Crippen molar-refractivity contribution >= 4 is 17.5 Å². The number of rotatable bonds is 3. The van der Waals surface area contributed by atoms with Crippen LogP contribution in [0.3, 0.4) is 0 Å². The Kier molecular flexibility index (Phi) is 4.84. The SMILES string of the molecule is C[C@H]1CCCN(C(=O)CCN2C(=O)COc3ccccc32)CC1. The number of hydrogen-bond acceptors (Lipinski definition) is 3. The molecule has 5 heteroatoms. The summed E-state index contributed by atoms with van der Waals surface area (Å²) in [4.78, 5) is 28.2. The summed E-state index contributed by atoms with van der Waals surface area (Å²) in [5.41, 5.74) is 0.765. The summed E-state index contributed by atoms with van der Waals surface area (Å²) in [5.74, 6) is 1.47. The van der Waals surface area contributed by atoms with Crippen LogP contribution in [0.15, 0.2) is 24.3 Å². The van der Waals surface area contributed by atoms with Crippen LogP contribution in [-0.4, -0.2) is 43.0 Å². The van der Waals surface area contributed by atoms with E-state index in [2.05, 4.69) is 6.92 Å². The molecule has 0 unspecified atom stereocenters. The lowest BCUT2D eigenvalue weighted by Gasteiger charge is -2.30. The van der Waals surface area contributed by atoms with Gasteiger partial charge in [0.25, 0.3) is 5.91 Å². The van der Waals surface area contributed by atoms with Gasteiger partial charge in [0.1, 0.15) is 5.75 Å². The maximum absolute atomic E-state index is 12.5. The average molecular weight is 316 g/mol. The van der Waals surface area contributed by atoms with Gasteiger partial charge < -0.3 is 14.5 Å². The van der Waals surface area contributed by atoms with Crippen molar-refractivity contribution in [3.63, 3.8) is 0 Å². The van der Waals surface area contributed by atoms with Crippen LogP contribution in [0.4, 0.5) is 5.69 Å². The number of nitrogens with zero attached hydrogens (tertiary/aromatic N) is 2. The molecule has 0 bridgehead atoms. The molecular weight excluding hydrogens is 292 g/mol. The molecule has 0 aliphatic carbocycles. The van der Waals surface area contributed by atoms with E-state index < -0.39 is 0 Å². The van der Waals surface area contributed by atoms with Crippen molar-refractivity contribution in [1.29, 1.82) is 0 Å². The first-order chi connectivity index (χ1) is 11.1. The van der Waals surface area contributed by atoms with Crippen molar-refractivity contribution in [3.8, 4) is 5.75 Å². The molecule has 0 aromatic heterocycles. The summed E-state index contributed by atoms with van der Waals surface area (Å²) in [7, 11) is 0. The number of carbonyl (C=O) groups is 2. The first-order valence-electron chi connectivity index (χ1n) is 8.45. The second kappa shape index (κ2) is 7.02. The molecule has 23 heavy (non-hydrogen) atoms. The predicted octanol–water partition coefficient (Wildman–Crippen LogP) is 2.45. The minimum atomic E-state index is -0.0824. The third-order valence-corrected chi connectivity index (χ3v) is 4.73. The third kappa shape index (κ3) is 3.66. The van der Waals surface area contributed by atoms with Crippen molar-refractivity contribution in [3.05, 3.63) is 24.3 Å². The molecule has 0 N–H and O–H groups in total. The maximum atomic E-state index is 12.5. The van der Waals surface area contributed by atoms with Crippen LogP contribution in [0.5, 0.6) is 5.75 Å². The van der Waals surface area contributed by atoms with E-state index in [1.807, 2.05) is 29.2 Å². The average Bonchev–Trinajstić information content (AvgIpc) is 2.78. The minimum absolute atomic E-state index is 0.0480. The number of ether oxygens (including phenoxy) is 1. The zero-order valence-corrected chi connectivity index (χ0v) is 13.7. The Morgan fingerprint density at radius 2 is 2.09 bits per heavy atom. The Hall–Kier alpha value is -2.04. The molecule has 1 fully saturated rings. The van der Waals surface area contributed by atoms with Crippen LogP contribution in [0.25, 0.3) is 0 Å². The fourth-order valence-corrected chi connectivity index (χ4v) is 3.28. The highest BCUT2D eigenvalue weighted by Crippen LogP contribution is 2.31. The molecule has 2 aliphatic heterocycles. The Labute approximate surface area is 137 Å². The highest BCUT2D eigenvalue weighted by molar-refractivity contribution is 5.98. The third-order valence-electron chi connectivity index (χ3n) is 4.73. The standard InChI is InChI=1S/C18H24N2O3/c1-14-5-4-10-19(11-8-14)17(21)9-12-20-15-6-2-3-7-16(15)23-13-18(20)22/h2-3,6-7,14H,4-5,8-13H2,1H3/t14-/m0/s1. The van der Waals surface area contributed by atoms with Gasteiger partial charge in [0, 0.05) is 26.1 Å². The number of carbonyl (C=O) groups excluding carboxylic acids is 2. The van der Waals surface area contributed by atoms with Gasteiger partial charge in [-0.25, -0.2) is 0 Å². The van der Waals surface area contributed by atoms with E-state index in [9.17, 15) is 9.59 Å². The summed E-state index contributed by atoms with van der Waals surface area (Å²) < 4.78 is 5.43. The molecule has 2 heterocycles. The molecule has 0 spiro atoms. The predicted molar refractivity (Wildman–Crippen MR) is 88.5 cm³/mol. The quantitative estimate of drug-likeness (QED) is 0.860. The molecule has 1 saturated heterocycles. The Balaban J connectivity index is 1.61. The number of fused-ring (bicyclic) bond motifs is 1. The number of benzene rings is 1. The largest absolute Gasteiger partial charge is 0.482 e. The zero-order valence-electron chi connectivity index (χ0n) is 13.7. The topological polar surface area (TPSA) is 49.9 Å². The van der Waals surface area contributed by atoms with Gasteiger partial charge in [-0.1, -0.05) is 19.1 Å². The van der Waals surface area contributed by atoms with E-state index in [0.717, 1.165) is 31.6 Å². The van der Waals surface area contributed by atoms with Gasteiger partial charge >= 0.3 is 0 Å². The summed E-state index contributed by atoms with van der Waals surface area (Å²) in [6.45, 7) is 4.40. The monoisotopic (exact) mass is 316 g/mol. The van der Waals surface area contributed by atoms with Crippen molar-refractivity contribution in [1.82, 2.24) is 4.90 Å². The fourth-order valence-electron chi connectivity index (χ4n) is 3.28. The van der Waals surface area contributed by atoms with Gasteiger partial charge in [0.05, 0.1) is 5.69 Å². The Bertz CT molecular complexity index is 587. The van der Waals surface area contributed by atoms with Crippen LogP contribution in [0.2, 0.25) is 0 Å².